The smallest absolute Gasteiger partial charge is 0.0345 e. The lowest BCUT2D eigenvalue weighted by atomic mass is 9.65. The van der Waals surface area contributed by atoms with Crippen LogP contribution in [0.5, 0.6) is 0 Å². The molecule has 8 atom stereocenters. The number of unbranched alkanes of at least 4 members (excludes halogenated alkanes) is 1. The molecule has 13 rings (SSSR count). The van der Waals surface area contributed by atoms with Crippen molar-refractivity contribution in [2.24, 2.45) is 47.3 Å². The van der Waals surface area contributed by atoms with Gasteiger partial charge < -0.3 is 0 Å². The van der Waals surface area contributed by atoms with Crippen LogP contribution >= 0.6 is 11.3 Å². The standard InChI is InChI=1S/C101H126S/c1-18-28-31-73(27-10)64-101(63-72(25-8)26-9)95-55-79(40-47-87(95)88-48-41-80(56-96(88)101)97-49-34-71(17)102-97)78-39-46-86-85-45-38-77(53-93(85)100(94(86)54-78,61-69(15)23-6)62-70(16)24-7)76-37-44-84-83-43-36-75(51-91(83)99(92(84)52-76,59-67(13)21-4)60-68(14)22-5)74-35-42-82-81-32-29-30-33-89(81)98(90(82)50-74,57-65(11)19-2)58-66(12)20-3/h29-30,32-56,65-70,72-73H,18-28,31,57-64H2,1-17H3. The summed E-state index contributed by atoms with van der Waals surface area (Å²) >= 11 is 1.95. The summed E-state index contributed by atoms with van der Waals surface area (Å²) in [7, 11) is 0. The van der Waals surface area contributed by atoms with Gasteiger partial charge in [0, 0.05) is 31.4 Å². The van der Waals surface area contributed by atoms with Crippen LogP contribution in [0.15, 0.2) is 164 Å². The molecule has 0 radical (unpaired) electrons. The average Bonchev–Trinajstić information content (AvgIpc) is 1.57. The van der Waals surface area contributed by atoms with Crippen molar-refractivity contribution in [1.82, 2.24) is 0 Å². The molecular weight excluding hydrogens is 1250 g/mol. The number of aryl methyl sites for hydroxylation is 1. The second-order valence-corrected chi connectivity index (χ2v) is 35.7. The Kier molecular flexibility index (Phi) is 22.1. The van der Waals surface area contributed by atoms with Crippen molar-refractivity contribution in [3.05, 3.63) is 213 Å². The molecule has 0 aliphatic heterocycles. The first-order valence-corrected chi connectivity index (χ1v) is 42.3. The summed E-state index contributed by atoms with van der Waals surface area (Å²) in [6.45, 7) is 41.7. The quantitative estimate of drug-likeness (QED) is 0.0394. The maximum absolute atomic E-state index is 2.74. The van der Waals surface area contributed by atoms with Crippen LogP contribution in [0.25, 0.3) is 88.3 Å². The summed E-state index contributed by atoms with van der Waals surface area (Å²) in [6.07, 6.45) is 23.9. The molecule has 0 bridgehead atoms. The van der Waals surface area contributed by atoms with E-state index < -0.39 is 0 Å². The lowest BCUT2D eigenvalue weighted by molar-refractivity contribution is 0.272. The highest BCUT2D eigenvalue weighted by Gasteiger charge is 2.50. The molecule has 536 valence electrons. The number of fused-ring (bicyclic) bond motifs is 12. The SMILES string of the molecule is CCCCC(CC)CC1(CC(CC)CC)c2cc(-c3ccc4c(c3)C(CC(C)CC)(CC(C)CC)c3cc(-c5ccc6c(c5)C(CC(C)CC)(CC(C)CC)c5cc(-c7ccc8c(c7)C(CC(C)CC)(CC(C)CC)c7ccccc7-8)ccc5-6)ccc3-4)ccc2-c2ccc(-c3ccc(C)s3)cc21. The molecule has 9 aromatic rings. The van der Waals surface area contributed by atoms with Crippen molar-refractivity contribution in [3.63, 3.8) is 0 Å². The Labute approximate surface area is 623 Å². The van der Waals surface area contributed by atoms with E-state index >= 15 is 0 Å². The van der Waals surface area contributed by atoms with Crippen LogP contribution in [0, 0.1) is 54.3 Å². The van der Waals surface area contributed by atoms with E-state index in [1.54, 1.807) is 44.5 Å². The molecule has 102 heavy (non-hydrogen) atoms. The third kappa shape index (κ3) is 13.2. The molecule has 0 nitrogen and oxygen atoms in total. The van der Waals surface area contributed by atoms with Gasteiger partial charge in [-0.2, -0.15) is 0 Å². The minimum atomic E-state index is -0.138. The number of hydrogen-bond acceptors (Lipinski definition) is 1. The van der Waals surface area contributed by atoms with E-state index in [-0.39, 0.29) is 21.7 Å². The van der Waals surface area contributed by atoms with E-state index in [0.717, 1.165) is 25.7 Å². The van der Waals surface area contributed by atoms with Crippen LogP contribution in [0.4, 0.5) is 0 Å². The molecule has 0 saturated carbocycles. The molecule has 0 N–H and O–H groups in total. The van der Waals surface area contributed by atoms with Crippen molar-refractivity contribution in [2.45, 2.75) is 268 Å². The summed E-state index contributed by atoms with van der Waals surface area (Å²) in [4.78, 5) is 2.77. The van der Waals surface area contributed by atoms with E-state index in [4.69, 9.17) is 0 Å². The normalized spacial score (nSPS) is 21.0. The Morgan fingerprint density at radius 2 is 0.529 bits per heavy atom. The molecule has 8 aromatic carbocycles. The van der Waals surface area contributed by atoms with Gasteiger partial charge in [-0.05, 0) is 288 Å². The van der Waals surface area contributed by atoms with E-state index in [0.29, 0.717) is 47.3 Å². The van der Waals surface area contributed by atoms with Crippen LogP contribution in [0.3, 0.4) is 0 Å². The second-order valence-electron chi connectivity index (χ2n) is 34.4. The number of thiophene rings is 1. The van der Waals surface area contributed by atoms with Gasteiger partial charge in [0.25, 0.3) is 0 Å². The monoisotopic (exact) mass is 1370 g/mol. The molecule has 1 aromatic heterocycles. The molecule has 4 aliphatic rings. The van der Waals surface area contributed by atoms with E-state index in [2.05, 4.69) is 281 Å². The lowest BCUT2D eigenvalue weighted by Crippen LogP contribution is -2.31. The minimum Gasteiger partial charge on any atom is -0.141 e. The third-order valence-electron chi connectivity index (χ3n) is 27.7. The van der Waals surface area contributed by atoms with Gasteiger partial charge in [0.05, 0.1) is 0 Å². The van der Waals surface area contributed by atoms with Crippen LogP contribution in [-0.2, 0) is 21.7 Å². The third-order valence-corrected chi connectivity index (χ3v) is 28.8. The molecular formula is C101H126S. The van der Waals surface area contributed by atoms with Gasteiger partial charge in [0.15, 0.2) is 0 Å². The van der Waals surface area contributed by atoms with Gasteiger partial charge in [-0.3, -0.25) is 0 Å². The molecule has 0 amide bonds. The molecule has 4 aliphatic carbocycles. The number of hydrogen-bond donors (Lipinski definition) is 0. The highest BCUT2D eigenvalue weighted by atomic mass is 32.1. The Hall–Kier alpha value is -6.54. The maximum atomic E-state index is 2.74. The average molecular weight is 1370 g/mol. The predicted molar refractivity (Wildman–Crippen MR) is 447 cm³/mol. The first-order chi connectivity index (χ1) is 49.3. The van der Waals surface area contributed by atoms with Gasteiger partial charge in [-0.25, -0.2) is 0 Å². The zero-order valence-corrected chi connectivity index (χ0v) is 67.1. The first-order valence-electron chi connectivity index (χ1n) is 41.5. The fourth-order valence-corrected chi connectivity index (χ4v) is 21.7. The van der Waals surface area contributed by atoms with Crippen molar-refractivity contribution in [3.8, 4) is 88.3 Å². The Balaban J connectivity index is 0.933. The van der Waals surface area contributed by atoms with Crippen molar-refractivity contribution in [1.29, 1.82) is 0 Å². The Bertz CT molecular complexity index is 4400. The number of benzene rings is 8. The summed E-state index contributed by atoms with van der Waals surface area (Å²) in [5.74, 6) is 4.81. The first kappa shape index (κ1) is 73.8. The second kappa shape index (κ2) is 30.5. The zero-order valence-electron chi connectivity index (χ0n) is 66.3. The minimum absolute atomic E-state index is 0.00274. The van der Waals surface area contributed by atoms with Gasteiger partial charge in [-0.15, -0.1) is 11.3 Å². The summed E-state index contributed by atoms with van der Waals surface area (Å²) in [5, 5.41) is 0. The van der Waals surface area contributed by atoms with Crippen molar-refractivity contribution in [2.75, 3.05) is 0 Å². The Morgan fingerprint density at radius 1 is 0.265 bits per heavy atom. The molecule has 1 heteroatoms. The summed E-state index contributed by atoms with van der Waals surface area (Å²) in [5.41, 5.74) is 33.5. The van der Waals surface area contributed by atoms with Crippen molar-refractivity contribution < 1.29 is 0 Å². The van der Waals surface area contributed by atoms with Crippen LogP contribution in [-0.4, -0.2) is 0 Å². The Morgan fingerprint density at radius 3 is 0.814 bits per heavy atom. The lowest BCUT2D eigenvalue weighted by Gasteiger charge is -2.39. The molecule has 0 saturated heterocycles. The van der Waals surface area contributed by atoms with Gasteiger partial charge >= 0.3 is 0 Å². The molecule has 1 heterocycles. The van der Waals surface area contributed by atoms with Crippen LogP contribution in [0.1, 0.15) is 289 Å². The van der Waals surface area contributed by atoms with E-state index in [9.17, 15) is 0 Å². The van der Waals surface area contributed by atoms with Gasteiger partial charge in [0.2, 0.25) is 0 Å². The highest BCUT2D eigenvalue weighted by Crippen LogP contribution is 2.63. The van der Waals surface area contributed by atoms with E-state index in [1.165, 1.54) is 196 Å². The van der Waals surface area contributed by atoms with Gasteiger partial charge in [-0.1, -0.05) is 297 Å². The largest absolute Gasteiger partial charge is 0.141 e. The fraction of sp³-hybridized carbons (Fsp3) is 0.485. The van der Waals surface area contributed by atoms with E-state index in [1.807, 2.05) is 11.3 Å². The van der Waals surface area contributed by atoms with Gasteiger partial charge in [0.1, 0.15) is 0 Å². The predicted octanol–water partition coefficient (Wildman–Crippen LogP) is 30.8. The van der Waals surface area contributed by atoms with Crippen LogP contribution in [0.2, 0.25) is 0 Å². The topological polar surface area (TPSA) is 0 Å². The zero-order chi connectivity index (χ0) is 72.0. The summed E-state index contributed by atoms with van der Waals surface area (Å²) in [6, 6.07) is 68.5. The number of rotatable bonds is 32. The molecule has 0 spiro atoms. The molecule has 0 fully saturated rings. The highest BCUT2D eigenvalue weighted by molar-refractivity contribution is 7.15. The van der Waals surface area contributed by atoms with Crippen LogP contribution < -0.4 is 0 Å². The maximum Gasteiger partial charge on any atom is 0.0345 e. The fourth-order valence-electron chi connectivity index (χ4n) is 20.8. The summed E-state index contributed by atoms with van der Waals surface area (Å²) < 4.78 is 0. The molecule has 8 unspecified atom stereocenters. The van der Waals surface area contributed by atoms with Crippen molar-refractivity contribution >= 4 is 11.3 Å².